The highest BCUT2D eigenvalue weighted by Crippen LogP contribution is 2.24. The minimum absolute atomic E-state index is 0.328. The third-order valence-corrected chi connectivity index (χ3v) is 3.76. The van der Waals surface area contributed by atoms with Gasteiger partial charge in [-0.3, -0.25) is 4.79 Å². The second-order valence-electron chi connectivity index (χ2n) is 5.02. The molecule has 1 rings (SSSR count). The van der Waals surface area contributed by atoms with Crippen molar-refractivity contribution < 1.29 is 4.79 Å². The molecule has 1 aromatic carbocycles. The smallest absolute Gasteiger partial charge is 0.248 e. The Morgan fingerprint density at radius 3 is 2.47 bits per heavy atom. The molecule has 0 spiro atoms. The molecule has 0 radical (unpaired) electrons. The van der Waals surface area contributed by atoms with Gasteiger partial charge in [-0.1, -0.05) is 39.0 Å². The van der Waals surface area contributed by atoms with Crippen LogP contribution in [0.1, 0.15) is 55.5 Å². The van der Waals surface area contributed by atoms with E-state index >= 15 is 0 Å². The van der Waals surface area contributed by atoms with E-state index in [-0.39, 0.29) is 5.91 Å². The quantitative estimate of drug-likeness (QED) is 0.783. The Morgan fingerprint density at radius 1 is 1.26 bits per heavy atom. The summed E-state index contributed by atoms with van der Waals surface area (Å²) in [6.07, 6.45) is 2.23. The molecule has 0 bridgehead atoms. The lowest BCUT2D eigenvalue weighted by Gasteiger charge is -2.20. The lowest BCUT2D eigenvalue weighted by atomic mass is 9.91. The van der Waals surface area contributed by atoms with E-state index in [2.05, 4.69) is 25.7 Å². The first-order chi connectivity index (χ1) is 9.10. The Bertz CT molecular complexity index is 399. The molecular weight excluding hydrogens is 236 g/mol. The van der Waals surface area contributed by atoms with Crippen molar-refractivity contribution in [3.8, 4) is 0 Å². The number of benzene rings is 1. The number of nitrogens with zero attached hydrogens (tertiary/aromatic N) is 1. The van der Waals surface area contributed by atoms with E-state index in [1.54, 1.807) is 0 Å². The van der Waals surface area contributed by atoms with Crippen LogP contribution in [0.3, 0.4) is 0 Å². The van der Waals surface area contributed by atoms with Gasteiger partial charge in [0.1, 0.15) is 0 Å². The Labute approximate surface area is 116 Å². The fraction of sp³-hybridized carbons (Fsp3) is 0.562. The van der Waals surface area contributed by atoms with Crippen molar-refractivity contribution in [3.63, 3.8) is 0 Å². The van der Waals surface area contributed by atoms with Gasteiger partial charge in [0.05, 0.1) is 0 Å². The lowest BCUT2D eigenvalue weighted by molar-refractivity contribution is 0.0999. The first kappa shape index (κ1) is 15.7. The molecule has 2 N–H and O–H groups in total. The van der Waals surface area contributed by atoms with Crippen molar-refractivity contribution in [2.24, 2.45) is 5.73 Å². The maximum absolute atomic E-state index is 11.4. The van der Waals surface area contributed by atoms with Crippen LogP contribution >= 0.6 is 0 Å². The molecule has 0 saturated heterocycles. The van der Waals surface area contributed by atoms with Crippen molar-refractivity contribution in [1.29, 1.82) is 0 Å². The molecular formula is C16H26N2O. The molecule has 0 fully saturated rings. The zero-order chi connectivity index (χ0) is 14.3. The molecule has 1 atom stereocenters. The summed E-state index contributed by atoms with van der Waals surface area (Å²) in [5.74, 6) is 0.0467. The Kier molecular flexibility index (Phi) is 6.57. The van der Waals surface area contributed by atoms with E-state index in [0.29, 0.717) is 11.5 Å². The van der Waals surface area contributed by atoms with Crippen LogP contribution < -0.4 is 5.73 Å². The molecule has 1 aromatic rings. The largest absolute Gasteiger partial charge is 0.366 e. The Morgan fingerprint density at radius 2 is 1.89 bits per heavy atom. The maximum atomic E-state index is 11.4. The van der Waals surface area contributed by atoms with Gasteiger partial charge in [0.25, 0.3) is 0 Å². The number of hydrogen-bond donors (Lipinski definition) is 1. The number of nitrogens with two attached hydrogens (primary N) is 1. The third kappa shape index (κ3) is 4.67. The van der Waals surface area contributed by atoms with Crippen LogP contribution in [0.5, 0.6) is 0 Å². The molecule has 0 aliphatic carbocycles. The Hall–Kier alpha value is -1.35. The number of carbonyl (C=O) groups is 1. The van der Waals surface area contributed by atoms with Gasteiger partial charge in [0.2, 0.25) is 5.91 Å². The van der Waals surface area contributed by atoms with E-state index in [4.69, 9.17) is 5.73 Å². The minimum Gasteiger partial charge on any atom is -0.366 e. The highest BCUT2D eigenvalue weighted by molar-refractivity contribution is 5.94. The first-order valence-corrected chi connectivity index (χ1v) is 7.21. The predicted molar refractivity (Wildman–Crippen MR) is 80.4 cm³/mol. The summed E-state index contributed by atoms with van der Waals surface area (Å²) >= 11 is 0. The topological polar surface area (TPSA) is 46.3 Å². The van der Waals surface area contributed by atoms with E-state index in [1.807, 2.05) is 24.3 Å². The summed E-state index contributed by atoms with van der Waals surface area (Å²) in [5.41, 5.74) is 7.17. The van der Waals surface area contributed by atoms with Gasteiger partial charge in [-0.2, -0.15) is 0 Å². The van der Waals surface area contributed by atoms with Gasteiger partial charge in [-0.15, -0.1) is 0 Å². The number of carbonyl (C=O) groups excluding carboxylic acids is 1. The number of primary amides is 1. The lowest BCUT2D eigenvalue weighted by Crippen LogP contribution is -2.24. The zero-order valence-electron chi connectivity index (χ0n) is 12.4. The van der Waals surface area contributed by atoms with Crippen LogP contribution in [-0.4, -0.2) is 30.4 Å². The molecule has 19 heavy (non-hydrogen) atoms. The average Bonchev–Trinajstić information content (AvgIpc) is 2.43. The molecule has 3 nitrogen and oxygen atoms in total. The third-order valence-electron chi connectivity index (χ3n) is 3.76. The number of rotatable bonds is 8. The van der Waals surface area contributed by atoms with Gasteiger partial charge >= 0.3 is 0 Å². The summed E-state index contributed by atoms with van der Waals surface area (Å²) in [6.45, 7) is 9.87. The van der Waals surface area contributed by atoms with Crippen molar-refractivity contribution >= 4 is 5.91 Å². The normalized spacial score (nSPS) is 12.6. The monoisotopic (exact) mass is 262 g/mol. The summed E-state index contributed by atoms with van der Waals surface area (Å²) in [6, 6.07) is 7.68. The standard InChI is InChI=1S/C16H26N2O/c1-4-18(5-2)12-8-9-13(3)14-10-6-7-11-15(14)16(17)19/h6-7,10-11,13H,4-5,8-9,12H2,1-3H3,(H2,17,19)/t13-/m1/s1. The molecule has 1 amide bonds. The van der Waals surface area contributed by atoms with Crippen molar-refractivity contribution in [1.82, 2.24) is 4.90 Å². The molecule has 0 aliphatic heterocycles. The van der Waals surface area contributed by atoms with Crippen LogP contribution in [0.25, 0.3) is 0 Å². The molecule has 3 heteroatoms. The van der Waals surface area contributed by atoms with Crippen molar-refractivity contribution in [2.45, 2.75) is 39.5 Å². The molecule has 0 aliphatic rings. The highest BCUT2D eigenvalue weighted by atomic mass is 16.1. The summed E-state index contributed by atoms with van der Waals surface area (Å²) in [4.78, 5) is 13.8. The van der Waals surface area contributed by atoms with Crippen LogP contribution in [0.4, 0.5) is 0 Å². The predicted octanol–water partition coefficient (Wildman–Crippen LogP) is 3.01. The summed E-state index contributed by atoms with van der Waals surface area (Å²) < 4.78 is 0. The second-order valence-corrected chi connectivity index (χ2v) is 5.02. The highest BCUT2D eigenvalue weighted by Gasteiger charge is 2.13. The van der Waals surface area contributed by atoms with Crippen LogP contribution in [0.15, 0.2) is 24.3 Å². The van der Waals surface area contributed by atoms with E-state index in [9.17, 15) is 4.79 Å². The minimum atomic E-state index is -0.328. The van der Waals surface area contributed by atoms with Gasteiger partial charge in [-0.05, 0) is 50.0 Å². The molecule has 0 unspecified atom stereocenters. The van der Waals surface area contributed by atoms with Crippen LogP contribution in [-0.2, 0) is 0 Å². The van der Waals surface area contributed by atoms with E-state index in [0.717, 1.165) is 38.0 Å². The van der Waals surface area contributed by atoms with Gasteiger partial charge < -0.3 is 10.6 Å². The summed E-state index contributed by atoms with van der Waals surface area (Å²) in [5, 5.41) is 0. The van der Waals surface area contributed by atoms with E-state index < -0.39 is 0 Å². The SMILES string of the molecule is CCN(CC)CCC[C@@H](C)c1ccccc1C(N)=O. The second kappa shape index (κ2) is 7.95. The van der Waals surface area contributed by atoms with Crippen LogP contribution in [0.2, 0.25) is 0 Å². The van der Waals surface area contributed by atoms with Crippen molar-refractivity contribution in [3.05, 3.63) is 35.4 Å². The van der Waals surface area contributed by atoms with Gasteiger partial charge in [0.15, 0.2) is 0 Å². The van der Waals surface area contributed by atoms with E-state index in [1.165, 1.54) is 0 Å². The molecule has 0 heterocycles. The molecule has 0 aromatic heterocycles. The van der Waals surface area contributed by atoms with Crippen molar-refractivity contribution in [2.75, 3.05) is 19.6 Å². The fourth-order valence-electron chi connectivity index (χ4n) is 2.47. The fourth-order valence-corrected chi connectivity index (χ4v) is 2.47. The number of hydrogen-bond acceptors (Lipinski definition) is 2. The maximum Gasteiger partial charge on any atom is 0.248 e. The van der Waals surface area contributed by atoms with Gasteiger partial charge in [-0.25, -0.2) is 0 Å². The average molecular weight is 262 g/mol. The Balaban J connectivity index is 2.58. The zero-order valence-corrected chi connectivity index (χ0v) is 12.4. The van der Waals surface area contributed by atoms with Gasteiger partial charge in [0, 0.05) is 5.56 Å². The summed E-state index contributed by atoms with van der Waals surface area (Å²) in [7, 11) is 0. The van der Waals surface area contributed by atoms with Crippen LogP contribution in [0, 0.1) is 0 Å². The number of amides is 1. The first-order valence-electron chi connectivity index (χ1n) is 7.21. The molecule has 106 valence electrons. The molecule has 0 saturated carbocycles.